The Kier molecular flexibility index (Phi) is 14.8. The number of carbonyl (C=O) groups excluding carboxylic acids is 4. The van der Waals surface area contributed by atoms with E-state index in [1.165, 1.54) is 27.1 Å². The van der Waals surface area contributed by atoms with Gasteiger partial charge in [-0.2, -0.15) is 4.98 Å². The maximum absolute atomic E-state index is 13.3. The van der Waals surface area contributed by atoms with Crippen LogP contribution in [-0.4, -0.2) is 167 Å². The van der Waals surface area contributed by atoms with Gasteiger partial charge >= 0.3 is 5.97 Å². The van der Waals surface area contributed by atoms with Gasteiger partial charge in [0.1, 0.15) is 17.3 Å². The summed E-state index contributed by atoms with van der Waals surface area (Å²) in [6.07, 6.45) is 5.26. The maximum atomic E-state index is 13.3. The van der Waals surface area contributed by atoms with E-state index in [4.69, 9.17) is 0 Å². The SMILES string of the molecule is CCn1cc(C(=O)NCCCC(C(=O)O)N2CCN(CC(=O)[O-])CCN(CC(=O)[O-])CCN(CC(=O)[O-])CC2)c(=O)c2cnc(N3CCCC3)nc21. The third-order valence-corrected chi connectivity index (χ3v) is 9.37. The first-order valence-electron chi connectivity index (χ1n) is 17.5. The van der Waals surface area contributed by atoms with Crippen LogP contribution in [0.1, 0.15) is 43.0 Å². The average molecular weight is 729 g/mol. The van der Waals surface area contributed by atoms with Crippen LogP contribution in [0.3, 0.4) is 0 Å². The number of amides is 1. The minimum atomic E-state index is -1.35. The summed E-state index contributed by atoms with van der Waals surface area (Å²) in [5, 5.41) is 47.4. The van der Waals surface area contributed by atoms with Gasteiger partial charge in [-0.05, 0) is 32.6 Å². The van der Waals surface area contributed by atoms with Gasteiger partial charge in [0.2, 0.25) is 11.4 Å². The van der Waals surface area contributed by atoms with Crippen molar-refractivity contribution in [3.8, 4) is 0 Å². The number of rotatable bonds is 15. The van der Waals surface area contributed by atoms with Gasteiger partial charge in [-0.25, -0.2) is 4.98 Å². The second-order valence-electron chi connectivity index (χ2n) is 13.0. The number of nitrogens with zero attached hydrogens (tertiary/aromatic N) is 8. The molecular weight excluding hydrogens is 682 g/mol. The highest BCUT2D eigenvalue weighted by atomic mass is 16.4. The van der Waals surface area contributed by atoms with Crippen LogP contribution in [0.5, 0.6) is 0 Å². The molecule has 1 amide bonds. The van der Waals surface area contributed by atoms with Crippen LogP contribution >= 0.6 is 0 Å². The Bertz CT molecular complexity index is 1620. The van der Waals surface area contributed by atoms with Gasteiger partial charge in [0.25, 0.3) is 5.91 Å². The Hall–Kier alpha value is -4.72. The number of hydrogen-bond donors (Lipinski definition) is 2. The highest BCUT2D eigenvalue weighted by Crippen LogP contribution is 2.18. The van der Waals surface area contributed by atoms with Gasteiger partial charge in [-0.15, -0.1) is 0 Å². The lowest BCUT2D eigenvalue weighted by Gasteiger charge is -2.36. The Morgan fingerprint density at radius 2 is 1.35 bits per heavy atom. The minimum absolute atomic E-state index is 0.0480. The Morgan fingerprint density at radius 1 is 0.827 bits per heavy atom. The first kappa shape index (κ1) is 40.1. The standard InChI is InChI=1S/C33H49N9O10/c1-2-40-19-24(29(49)23-18-35-33(36-30(23)40)42-8-3-4-9-42)31(50)34-7-5-6-25(32(51)52)41-16-14-38(21-27(45)46)12-10-37(20-26(43)44)11-13-39(15-17-41)22-28(47)48/h18-19,25H,2-17,20-22H2,1H3,(H,34,50)(H,43,44)(H,45,46)(H,47,48)(H,51,52)/p-3. The van der Waals surface area contributed by atoms with Crippen LogP contribution in [0.2, 0.25) is 0 Å². The molecule has 4 rings (SSSR count). The van der Waals surface area contributed by atoms with E-state index in [2.05, 4.69) is 20.2 Å². The summed E-state index contributed by atoms with van der Waals surface area (Å²) in [6.45, 7) is 3.56. The van der Waals surface area contributed by atoms with Crippen LogP contribution in [0.15, 0.2) is 17.2 Å². The zero-order valence-corrected chi connectivity index (χ0v) is 29.4. The molecule has 0 saturated carbocycles. The van der Waals surface area contributed by atoms with Crippen LogP contribution in [0.25, 0.3) is 11.0 Å². The number of aliphatic carboxylic acids is 4. The van der Waals surface area contributed by atoms with Gasteiger partial charge < -0.3 is 49.6 Å². The second-order valence-corrected chi connectivity index (χ2v) is 13.0. The number of carbonyl (C=O) groups is 5. The molecule has 2 saturated heterocycles. The molecule has 2 aromatic rings. The molecule has 0 radical (unpaired) electrons. The van der Waals surface area contributed by atoms with E-state index in [0.717, 1.165) is 25.9 Å². The summed E-state index contributed by atoms with van der Waals surface area (Å²) >= 11 is 0. The van der Waals surface area contributed by atoms with E-state index < -0.39 is 60.9 Å². The average Bonchev–Trinajstić information content (AvgIpc) is 3.63. The maximum Gasteiger partial charge on any atom is 0.320 e. The number of carboxylic acid groups (broad SMARTS) is 4. The summed E-state index contributed by atoms with van der Waals surface area (Å²) in [5.74, 6) is -5.30. The quantitative estimate of drug-likeness (QED) is 0.163. The number of nitrogens with one attached hydrogen (secondary N) is 1. The summed E-state index contributed by atoms with van der Waals surface area (Å²) in [4.78, 5) is 90.6. The molecule has 2 fully saturated rings. The molecule has 19 heteroatoms. The molecule has 52 heavy (non-hydrogen) atoms. The van der Waals surface area contributed by atoms with Crippen molar-refractivity contribution in [3.63, 3.8) is 0 Å². The van der Waals surface area contributed by atoms with Gasteiger partial charge in [0.05, 0.1) is 23.3 Å². The van der Waals surface area contributed by atoms with Crippen LogP contribution < -0.4 is 31.0 Å². The van der Waals surface area contributed by atoms with Crippen molar-refractivity contribution in [2.75, 3.05) is 96.5 Å². The Labute approximate surface area is 300 Å². The molecule has 1 unspecified atom stereocenters. The molecule has 0 bridgehead atoms. The number of pyridine rings is 1. The molecule has 286 valence electrons. The van der Waals surface area contributed by atoms with Gasteiger partial charge in [0, 0.05) is 111 Å². The number of fused-ring (bicyclic) bond motifs is 1. The number of aryl methyl sites for hydroxylation is 1. The lowest BCUT2D eigenvalue weighted by atomic mass is 10.1. The fraction of sp³-hybridized carbons (Fsp3) is 0.636. The van der Waals surface area contributed by atoms with Gasteiger partial charge in [-0.1, -0.05) is 0 Å². The van der Waals surface area contributed by atoms with Crippen molar-refractivity contribution in [2.24, 2.45) is 0 Å². The highest BCUT2D eigenvalue weighted by molar-refractivity contribution is 5.96. The molecule has 0 aliphatic carbocycles. The second kappa shape index (κ2) is 19.2. The first-order chi connectivity index (χ1) is 24.9. The van der Waals surface area contributed by atoms with E-state index in [-0.39, 0.29) is 82.7 Å². The van der Waals surface area contributed by atoms with Gasteiger partial charge in [-0.3, -0.25) is 34.0 Å². The van der Waals surface area contributed by atoms with Crippen LogP contribution in [0, 0.1) is 0 Å². The molecule has 0 aromatic carbocycles. The normalized spacial score (nSPS) is 18.1. The number of anilines is 1. The molecule has 2 N–H and O–H groups in total. The molecular formula is C33H46N9O10-3. The van der Waals surface area contributed by atoms with Crippen molar-refractivity contribution in [1.29, 1.82) is 0 Å². The molecule has 4 heterocycles. The lowest BCUT2D eigenvalue weighted by molar-refractivity contribution is -0.308. The predicted molar refractivity (Wildman–Crippen MR) is 180 cm³/mol. The first-order valence-corrected chi connectivity index (χ1v) is 17.5. The molecule has 1 atom stereocenters. The van der Waals surface area contributed by atoms with E-state index in [1.54, 1.807) is 9.47 Å². The smallest absolute Gasteiger partial charge is 0.320 e. The minimum Gasteiger partial charge on any atom is -0.549 e. The van der Waals surface area contributed by atoms with E-state index in [9.17, 15) is 49.2 Å². The zero-order chi connectivity index (χ0) is 37.8. The summed E-state index contributed by atoms with van der Waals surface area (Å²) in [5.41, 5.74) is -0.176. The fourth-order valence-electron chi connectivity index (χ4n) is 6.58. The molecule has 2 aromatic heterocycles. The molecule has 19 nitrogen and oxygen atoms in total. The van der Waals surface area contributed by atoms with Crippen molar-refractivity contribution >= 4 is 46.8 Å². The number of aromatic nitrogens is 3. The topological polar surface area (TPSA) is 251 Å². The van der Waals surface area contributed by atoms with Crippen molar-refractivity contribution < 1.29 is 44.4 Å². The Balaban J connectivity index is 1.44. The summed E-state index contributed by atoms with van der Waals surface area (Å²) in [6, 6.07) is -1.08. The third kappa shape index (κ3) is 11.4. The van der Waals surface area contributed by atoms with Crippen molar-refractivity contribution in [2.45, 2.75) is 45.2 Å². The summed E-state index contributed by atoms with van der Waals surface area (Å²) in [7, 11) is 0. The number of carboxylic acids is 4. The van der Waals surface area contributed by atoms with Crippen molar-refractivity contribution in [3.05, 3.63) is 28.2 Å². The highest BCUT2D eigenvalue weighted by Gasteiger charge is 2.27. The predicted octanol–water partition coefficient (Wildman–Crippen LogP) is -5.15. The Morgan fingerprint density at radius 3 is 1.83 bits per heavy atom. The monoisotopic (exact) mass is 728 g/mol. The molecule has 0 spiro atoms. The fourth-order valence-corrected chi connectivity index (χ4v) is 6.58. The summed E-state index contributed by atoms with van der Waals surface area (Å²) < 4.78 is 1.72. The van der Waals surface area contributed by atoms with Gasteiger partial charge in [0.15, 0.2) is 0 Å². The van der Waals surface area contributed by atoms with E-state index in [1.807, 2.05) is 6.92 Å². The van der Waals surface area contributed by atoms with E-state index in [0.29, 0.717) is 18.1 Å². The number of hydrogen-bond acceptors (Lipinski definition) is 16. The third-order valence-electron chi connectivity index (χ3n) is 9.37. The van der Waals surface area contributed by atoms with Crippen molar-refractivity contribution in [1.82, 2.24) is 39.5 Å². The van der Waals surface area contributed by atoms with Crippen LogP contribution in [0.4, 0.5) is 5.95 Å². The largest absolute Gasteiger partial charge is 0.549 e. The zero-order valence-electron chi connectivity index (χ0n) is 29.4. The lowest BCUT2D eigenvalue weighted by Crippen LogP contribution is -2.53. The van der Waals surface area contributed by atoms with E-state index >= 15 is 0 Å². The van der Waals surface area contributed by atoms with Crippen LogP contribution in [-0.2, 0) is 25.7 Å². The molecule has 2 aliphatic heterocycles. The molecule has 2 aliphatic rings.